The first-order valence-corrected chi connectivity index (χ1v) is 7.01. The molecule has 1 aromatic heterocycles. The van der Waals surface area contributed by atoms with Crippen molar-refractivity contribution in [1.82, 2.24) is 0 Å². The third kappa shape index (κ3) is 1.10. The molecule has 0 amide bonds. The molecule has 0 bridgehead atoms. The number of rotatable bonds is 0. The number of aryl methyl sites for hydroxylation is 1. The molecule has 0 fully saturated rings. The minimum absolute atomic E-state index is 0.309. The predicted molar refractivity (Wildman–Crippen MR) is 61.2 cm³/mol. The summed E-state index contributed by atoms with van der Waals surface area (Å²) in [7, 11) is 0. The van der Waals surface area contributed by atoms with Gasteiger partial charge in [0.25, 0.3) is 0 Å². The predicted octanol–water partition coefficient (Wildman–Crippen LogP) is 2.79. The van der Waals surface area contributed by atoms with E-state index in [0.717, 1.165) is 12.0 Å². The van der Waals surface area contributed by atoms with Gasteiger partial charge in [0.2, 0.25) is 0 Å². The number of carbonyl (C=O) groups excluding carboxylic acids is 1. The fourth-order valence-electron chi connectivity index (χ4n) is 2.01. The SMILES string of the molecule is O=C1CCc2c(Br)[se]c3cccc1c23. The zero-order chi connectivity index (χ0) is 9.71. The van der Waals surface area contributed by atoms with E-state index >= 15 is 0 Å². The van der Waals surface area contributed by atoms with Gasteiger partial charge in [0.1, 0.15) is 0 Å². The molecule has 1 aliphatic carbocycles. The summed E-state index contributed by atoms with van der Waals surface area (Å²) < 4.78 is 2.70. The number of hydrogen-bond acceptors (Lipinski definition) is 1. The third-order valence-electron chi connectivity index (χ3n) is 2.67. The molecule has 0 radical (unpaired) electrons. The molecule has 1 aromatic carbocycles. The van der Waals surface area contributed by atoms with Gasteiger partial charge >= 0.3 is 96.2 Å². The molecule has 14 heavy (non-hydrogen) atoms. The summed E-state index contributed by atoms with van der Waals surface area (Å²) >= 11 is 4.02. The van der Waals surface area contributed by atoms with E-state index in [4.69, 9.17) is 0 Å². The first kappa shape index (κ1) is 8.90. The van der Waals surface area contributed by atoms with Gasteiger partial charge in [-0.05, 0) is 0 Å². The zero-order valence-electron chi connectivity index (χ0n) is 7.34. The van der Waals surface area contributed by atoms with Crippen LogP contribution in [0.3, 0.4) is 0 Å². The maximum atomic E-state index is 11.7. The molecule has 0 aliphatic heterocycles. The van der Waals surface area contributed by atoms with Gasteiger partial charge in [-0.15, -0.1) is 0 Å². The quantitative estimate of drug-likeness (QED) is 0.684. The fourth-order valence-corrected chi connectivity index (χ4v) is 5.42. The second-order valence-corrected chi connectivity index (χ2v) is 7.64. The van der Waals surface area contributed by atoms with Crippen molar-refractivity contribution in [3.63, 3.8) is 0 Å². The zero-order valence-corrected chi connectivity index (χ0v) is 10.6. The van der Waals surface area contributed by atoms with Crippen LogP contribution in [0, 0.1) is 0 Å². The molecule has 1 aliphatic rings. The van der Waals surface area contributed by atoms with Crippen LogP contribution >= 0.6 is 15.9 Å². The van der Waals surface area contributed by atoms with Gasteiger partial charge in [0.15, 0.2) is 0 Å². The molecule has 1 heterocycles. The van der Waals surface area contributed by atoms with Crippen molar-refractivity contribution < 1.29 is 4.79 Å². The van der Waals surface area contributed by atoms with Gasteiger partial charge in [-0.25, -0.2) is 0 Å². The van der Waals surface area contributed by atoms with Crippen molar-refractivity contribution in [2.75, 3.05) is 0 Å². The van der Waals surface area contributed by atoms with Crippen molar-refractivity contribution in [2.45, 2.75) is 12.8 Å². The summed E-state index contributed by atoms with van der Waals surface area (Å²) in [5.41, 5.74) is 2.33. The van der Waals surface area contributed by atoms with Crippen LogP contribution in [0.2, 0.25) is 0 Å². The van der Waals surface area contributed by atoms with Crippen molar-refractivity contribution in [1.29, 1.82) is 0 Å². The van der Waals surface area contributed by atoms with Crippen LogP contribution in [0.5, 0.6) is 0 Å². The molecule has 0 unspecified atom stereocenters. The standard InChI is InChI=1S/C11H7BrOSe/c12-11-7-4-5-8(13)6-2-1-3-9(14-11)10(6)7/h1-3H,4-5H2. The summed E-state index contributed by atoms with van der Waals surface area (Å²) in [5.74, 6) is 0.309. The van der Waals surface area contributed by atoms with Gasteiger partial charge in [-0.2, -0.15) is 0 Å². The molecule has 2 aromatic rings. The van der Waals surface area contributed by atoms with Crippen molar-refractivity contribution in [3.8, 4) is 0 Å². The van der Waals surface area contributed by atoms with E-state index < -0.39 is 0 Å². The van der Waals surface area contributed by atoms with Crippen LogP contribution in [0.4, 0.5) is 0 Å². The molecule has 3 rings (SSSR count). The minimum atomic E-state index is 0.309. The monoisotopic (exact) mass is 314 g/mol. The topological polar surface area (TPSA) is 17.1 Å². The van der Waals surface area contributed by atoms with Gasteiger partial charge in [-0.3, -0.25) is 0 Å². The average Bonchev–Trinajstić information content (AvgIpc) is 2.50. The fraction of sp³-hybridized carbons (Fsp3) is 0.182. The Balaban J connectivity index is 2.53. The molecule has 0 saturated heterocycles. The maximum absolute atomic E-state index is 11.7. The Morgan fingerprint density at radius 1 is 1.29 bits per heavy atom. The van der Waals surface area contributed by atoms with Crippen LogP contribution < -0.4 is 0 Å². The number of benzene rings is 1. The Morgan fingerprint density at radius 2 is 2.14 bits per heavy atom. The van der Waals surface area contributed by atoms with E-state index in [0.29, 0.717) is 26.7 Å². The molecule has 0 saturated carbocycles. The first-order chi connectivity index (χ1) is 6.77. The first-order valence-electron chi connectivity index (χ1n) is 4.50. The average molecular weight is 314 g/mol. The molecule has 0 spiro atoms. The summed E-state index contributed by atoms with van der Waals surface area (Å²) in [5, 5.41) is 1.25. The third-order valence-corrected chi connectivity index (χ3v) is 6.06. The normalized spacial score (nSPS) is 15.1. The van der Waals surface area contributed by atoms with Crippen molar-refractivity contribution >= 4 is 45.9 Å². The Hall–Kier alpha value is -0.371. The van der Waals surface area contributed by atoms with Crippen LogP contribution in [0.15, 0.2) is 21.5 Å². The Morgan fingerprint density at radius 3 is 3.00 bits per heavy atom. The van der Waals surface area contributed by atoms with Crippen molar-refractivity contribution in [2.24, 2.45) is 0 Å². The molecular formula is C11H7BrOSe. The van der Waals surface area contributed by atoms with E-state index in [9.17, 15) is 4.79 Å². The van der Waals surface area contributed by atoms with E-state index in [2.05, 4.69) is 22.0 Å². The Kier molecular flexibility index (Phi) is 1.94. The van der Waals surface area contributed by atoms with E-state index in [1.807, 2.05) is 12.1 Å². The van der Waals surface area contributed by atoms with E-state index in [1.54, 1.807) is 0 Å². The summed E-state index contributed by atoms with van der Waals surface area (Å²) in [4.78, 5) is 11.7. The molecular weight excluding hydrogens is 307 g/mol. The van der Waals surface area contributed by atoms with Crippen LogP contribution in [-0.4, -0.2) is 20.3 Å². The number of hydrogen-bond donors (Lipinski definition) is 0. The second-order valence-electron chi connectivity index (χ2n) is 3.46. The number of ketones is 1. The van der Waals surface area contributed by atoms with Crippen LogP contribution in [0.1, 0.15) is 22.3 Å². The molecule has 0 N–H and O–H groups in total. The number of Topliss-reactive ketones (excluding diaryl/α,β-unsaturated/α-hetero) is 1. The van der Waals surface area contributed by atoms with Gasteiger partial charge in [0, 0.05) is 0 Å². The second kappa shape index (κ2) is 3.06. The van der Waals surface area contributed by atoms with Crippen LogP contribution in [-0.2, 0) is 6.42 Å². The van der Waals surface area contributed by atoms with Gasteiger partial charge < -0.3 is 0 Å². The Labute approximate surface area is 96.0 Å². The van der Waals surface area contributed by atoms with Crippen LogP contribution in [0.25, 0.3) is 9.65 Å². The molecule has 3 heteroatoms. The molecule has 0 atom stereocenters. The molecule has 1 nitrogen and oxygen atoms in total. The van der Waals surface area contributed by atoms with Gasteiger partial charge in [0.05, 0.1) is 0 Å². The summed E-state index contributed by atoms with van der Waals surface area (Å²) in [6, 6.07) is 6.11. The van der Waals surface area contributed by atoms with E-state index in [-0.39, 0.29) is 0 Å². The summed E-state index contributed by atoms with van der Waals surface area (Å²) in [6.45, 7) is 0. The number of carbonyl (C=O) groups is 1. The van der Waals surface area contributed by atoms with E-state index in [1.165, 1.54) is 18.6 Å². The summed E-state index contributed by atoms with van der Waals surface area (Å²) in [6.07, 6.45) is 1.60. The van der Waals surface area contributed by atoms with Gasteiger partial charge in [-0.1, -0.05) is 0 Å². The number of halogens is 1. The Bertz CT molecular complexity index is 541. The van der Waals surface area contributed by atoms with Crippen molar-refractivity contribution in [3.05, 3.63) is 32.7 Å². The molecule has 70 valence electrons.